The van der Waals surface area contributed by atoms with Gasteiger partial charge in [-0.1, -0.05) is 26.0 Å². The Morgan fingerprint density at radius 3 is 2.29 bits per heavy atom. The molecule has 2 aromatic carbocycles. The number of nitrogens with zero attached hydrogens (tertiary/aromatic N) is 3. The summed E-state index contributed by atoms with van der Waals surface area (Å²) in [6.45, 7) is 5.88. The lowest BCUT2D eigenvalue weighted by atomic mass is 9.95. The van der Waals surface area contributed by atoms with Crippen molar-refractivity contribution in [3.05, 3.63) is 71.3 Å². The highest BCUT2D eigenvalue weighted by atomic mass is 19.1. The number of hydrogen-bond donors (Lipinski definition) is 4. The van der Waals surface area contributed by atoms with E-state index < -0.39 is 36.3 Å². The molecule has 0 fully saturated rings. The third-order valence-corrected chi connectivity index (χ3v) is 6.28. The van der Waals surface area contributed by atoms with Gasteiger partial charge in [0.2, 0.25) is 0 Å². The van der Waals surface area contributed by atoms with Crippen molar-refractivity contribution in [2.45, 2.75) is 64.6 Å². The largest absolute Gasteiger partial charge is 0.506 e. The number of aromatic hydroxyl groups is 1. The minimum Gasteiger partial charge on any atom is -0.506 e. The standard InChI is InChI=1S/C28H34FN3O6/c1-4-31(22-7-5-6-8-24(22)35)28(38)27-26(17(2)3)23(14-13-20(33)15-21(34)16-25(36)37)32(30-27)19-11-9-18(29)10-12-19/h5-12,17,20-21,33-35H,4,13-16H2,1-3H3,(H,36,37)/t20-,21-/m1/s1. The SMILES string of the molecule is CCN(C(=O)c1nn(-c2ccc(F)cc2)c(CC[C@@H](O)C[C@@H](O)CC(=O)O)c1C(C)C)c1ccccc1O. The molecule has 0 radical (unpaired) electrons. The number of para-hydroxylation sites is 2. The van der Waals surface area contributed by atoms with Gasteiger partial charge in [0.05, 0.1) is 30.0 Å². The lowest BCUT2D eigenvalue weighted by molar-refractivity contribution is -0.139. The molecular weight excluding hydrogens is 493 g/mol. The number of benzene rings is 2. The van der Waals surface area contributed by atoms with E-state index in [0.717, 1.165) is 0 Å². The van der Waals surface area contributed by atoms with Crippen molar-refractivity contribution in [2.24, 2.45) is 0 Å². The highest BCUT2D eigenvalue weighted by molar-refractivity contribution is 6.06. The number of aromatic nitrogens is 2. The number of hydrogen-bond acceptors (Lipinski definition) is 6. The third-order valence-electron chi connectivity index (χ3n) is 6.28. The van der Waals surface area contributed by atoms with E-state index in [1.807, 2.05) is 13.8 Å². The Hall–Kier alpha value is -3.76. The van der Waals surface area contributed by atoms with Gasteiger partial charge in [-0.05, 0) is 68.5 Å². The summed E-state index contributed by atoms with van der Waals surface area (Å²) >= 11 is 0. The molecule has 38 heavy (non-hydrogen) atoms. The van der Waals surface area contributed by atoms with Crippen molar-refractivity contribution in [2.75, 3.05) is 11.4 Å². The molecule has 1 amide bonds. The summed E-state index contributed by atoms with van der Waals surface area (Å²) in [5.41, 5.74) is 2.31. The Labute approximate surface area is 220 Å². The van der Waals surface area contributed by atoms with Gasteiger partial charge < -0.3 is 25.3 Å². The summed E-state index contributed by atoms with van der Waals surface area (Å²) < 4.78 is 15.2. The fourth-order valence-corrected chi connectivity index (χ4v) is 4.53. The van der Waals surface area contributed by atoms with Crippen LogP contribution in [0.5, 0.6) is 5.75 Å². The molecule has 10 heteroatoms. The third kappa shape index (κ3) is 6.76. The number of aliphatic hydroxyl groups excluding tert-OH is 2. The van der Waals surface area contributed by atoms with E-state index >= 15 is 0 Å². The van der Waals surface area contributed by atoms with Crippen LogP contribution in [0.4, 0.5) is 10.1 Å². The average molecular weight is 528 g/mol. The Kier molecular flexibility index (Phi) is 9.60. The van der Waals surface area contributed by atoms with Crippen molar-refractivity contribution in [1.82, 2.24) is 9.78 Å². The zero-order chi connectivity index (χ0) is 28.0. The molecule has 0 aliphatic rings. The molecule has 0 saturated carbocycles. The predicted octanol–water partition coefficient (Wildman–Crippen LogP) is 4.03. The van der Waals surface area contributed by atoms with Crippen LogP contribution < -0.4 is 4.90 Å². The number of carbonyl (C=O) groups is 2. The zero-order valence-electron chi connectivity index (χ0n) is 21.7. The number of carboxylic acids is 1. The summed E-state index contributed by atoms with van der Waals surface area (Å²) in [5, 5.41) is 44.3. The van der Waals surface area contributed by atoms with Crippen LogP contribution >= 0.6 is 0 Å². The maximum Gasteiger partial charge on any atom is 0.305 e. The molecular formula is C28H34FN3O6. The summed E-state index contributed by atoms with van der Waals surface area (Å²) in [6, 6.07) is 12.2. The van der Waals surface area contributed by atoms with Crippen LogP contribution in [0.1, 0.15) is 67.7 Å². The van der Waals surface area contributed by atoms with Crippen LogP contribution in [0.3, 0.4) is 0 Å². The van der Waals surface area contributed by atoms with E-state index in [0.29, 0.717) is 22.6 Å². The molecule has 4 N–H and O–H groups in total. The van der Waals surface area contributed by atoms with Crippen molar-refractivity contribution in [3.63, 3.8) is 0 Å². The molecule has 1 aromatic heterocycles. The number of aliphatic hydroxyl groups is 2. The number of carbonyl (C=O) groups excluding carboxylic acids is 1. The second kappa shape index (κ2) is 12.7. The van der Waals surface area contributed by atoms with Gasteiger partial charge in [0.25, 0.3) is 5.91 Å². The average Bonchev–Trinajstić information content (AvgIpc) is 3.24. The number of anilines is 1. The highest BCUT2D eigenvalue weighted by Crippen LogP contribution is 2.32. The van der Waals surface area contributed by atoms with Gasteiger partial charge in [-0.25, -0.2) is 9.07 Å². The predicted molar refractivity (Wildman–Crippen MR) is 140 cm³/mol. The van der Waals surface area contributed by atoms with Gasteiger partial charge in [-0.2, -0.15) is 5.10 Å². The van der Waals surface area contributed by atoms with Gasteiger partial charge in [0, 0.05) is 17.8 Å². The van der Waals surface area contributed by atoms with Crippen molar-refractivity contribution in [3.8, 4) is 11.4 Å². The van der Waals surface area contributed by atoms with E-state index in [2.05, 4.69) is 5.10 Å². The first-order valence-electron chi connectivity index (χ1n) is 12.6. The van der Waals surface area contributed by atoms with Crippen LogP contribution in [0.25, 0.3) is 5.69 Å². The van der Waals surface area contributed by atoms with E-state index in [9.17, 15) is 29.3 Å². The van der Waals surface area contributed by atoms with E-state index in [4.69, 9.17) is 5.11 Å². The Morgan fingerprint density at radius 2 is 1.71 bits per heavy atom. The van der Waals surface area contributed by atoms with Gasteiger partial charge in [-0.3, -0.25) is 9.59 Å². The first-order chi connectivity index (χ1) is 18.0. The second-order valence-corrected chi connectivity index (χ2v) is 9.47. The smallest absolute Gasteiger partial charge is 0.305 e. The summed E-state index contributed by atoms with van der Waals surface area (Å²) in [4.78, 5) is 26.1. The monoisotopic (exact) mass is 527 g/mol. The zero-order valence-corrected chi connectivity index (χ0v) is 21.7. The summed E-state index contributed by atoms with van der Waals surface area (Å²) in [7, 11) is 0. The fraction of sp³-hybridized carbons (Fsp3) is 0.393. The van der Waals surface area contributed by atoms with E-state index in [1.165, 1.54) is 35.2 Å². The first kappa shape index (κ1) is 28.8. The van der Waals surface area contributed by atoms with E-state index in [1.54, 1.807) is 29.8 Å². The van der Waals surface area contributed by atoms with Crippen LogP contribution in [-0.2, 0) is 11.2 Å². The number of phenolic OH excluding ortho intramolecular Hbond substituents is 1. The number of aliphatic carboxylic acids is 1. The number of rotatable bonds is 12. The number of phenols is 1. The molecule has 204 valence electrons. The van der Waals surface area contributed by atoms with Gasteiger partial charge in [-0.15, -0.1) is 0 Å². The Bertz CT molecular complexity index is 1260. The molecule has 0 aliphatic heterocycles. The topological polar surface area (TPSA) is 136 Å². The molecule has 3 aromatic rings. The van der Waals surface area contributed by atoms with Crippen molar-refractivity contribution in [1.29, 1.82) is 0 Å². The number of halogens is 1. The molecule has 0 bridgehead atoms. The highest BCUT2D eigenvalue weighted by Gasteiger charge is 2.30. The molecule has 0 saturated heterocycles. The summed E-state index contributed by atoms with van der Waals surface area (Å²) in [6.07, 6.45) is -2.34. The van der Waals surface area contributed by atoms with Crippen LogP contribution in [0, 0.1) is 5.82 Å². The Balaban J connectivity index is 2.05. The van der Waals surface area contributed by atoms with Gasteiger partial charge in [0.15, 0.2) is 5.69 Å². The number of carboxylic acid groups (broad SMARTS) is 1. The summed E-state index contributed by atoms with van der Waals surface area (Å²) in [5.74, 6) is -2.21. The molecule has 9 nitrogen and oxygen atoms in total. The van der Waals surface area contributed by atoms with E-state index in [-0.39, 0.29) is 43.2 Å². The number of amides is 1. The van der Waals surface area contributed by atoms with Gasteiger partial charge >= 0.3 is 5.97 Å². The van der Waals surface area contributed by atoms with Crippen molar-refractivity contribution < 1.29 is 34.4 Å². The molecule has 2 atom stereocenters. The van der Waals surface area contributed by atoms with Crippen LogP contribution in [0.15, 0.2) is 48.5 Å². The van der Waals surface area contributed by atoms with Gasteiger partial charge in [0.1, 0.15) is 11.6 Å². The minimum absolute atomic E-state index is 0.0463. The van der Waals surface area contributed by atoms with Crippen molar-refractivity contribution >= 4 is 17.6 Å². The second-order valence-electron chi connectivity index (χ2n) is 9.47. The lowest BCUT2D eigenvalue weighted by Crippen LogP contribution is -2.32. The van der Waals surface area contributed by atoms with Crippen LogP contribution in [-0.4, -0.2) is 60.8 Å². The quantitative estimate of drug-likeness (QED) is 0.279. The molecule has 0 spiro atoms. The lowest BCUT2D eigenvalue weighted by Gasteiger charge is -2.22. The maximum absolute atomic E-state index is 13.8. The molecule has 3 rings (SSSR count). The normalized spacial score (nSPS) is 12.9. The fourth-order valence-electron chi connectivity index (χ4n) is 4.53. The molecule has 0 aliphatic carbocycles. The van der Waals surface area contributed by atoms with Crippen LogP contribution in [0.2, 0.25) is 0 Å². The molecule has 1 heterocycles. The molecule has 0 unspecified atom stereocenters. The Morgan fingerprint density at radius 1 is 1.05 bits per heavy atom. The minimum atomic E-state index is -1.19. The first-order valence-corrected chi connectivity index (χ1v) is 12.6. The maximum atomic E-state index is 13.8.